The number of anilines is 5. The third kappa shape index (κ3) is 7.81. The van der Waals surface area contributed by atoms with E-state index in [4.69, 9.17) is 4.42 Å². The summed E-state index contributed by atoms with van der Waals surface area (Å²) >= 11 is 0. The van der Waals surface area contributed by atoms with E-state index in [0.717, 1.165) is 61.2 Å². The van der Waals surface area contributed by atoms with Crippen molar-refractivity contribution in [3.05, 3.63) is 95.9 Å². The predicted molar refractivity (Wildman–Crippen MR) is 209 cm³/mol. The summed E-state index contributed by atoms with van der Waals surface area (Å²) in [6, 6.07) is 25.4. The van der Waals surface area contributed by atoms with Gasteiger partial charge >= 0.3 is 0 Å². The molecule has 4 atom stereocenters. The van der Waals surface area contributed by atoms with Crippen molar-refractivity contribution in [3.8, 4) is 0 Å². The van der Waals surface area contributed by atoms with Crippen LogP contribution in [-0.4, -0.2) is 46.9 Å². The van der Waals surface area contributed by atoms with Gasteiger partial charge in [-0.2, -0.15) is 4.98 Å². The number of para-hydroxylation sites is 2. The normalized spacial score (nSPS) is 23.8. The van der Waals surface area contributed by atoms with Gasteiger partial charge in [-0.15, -0.1) is 0 Å². The van der Waals surface area contributed by atoms with Gasteiger partial charge in [0, 0.05) is 65.8 Å². The van der Waals surface area contributed by atoms with E-state index >= 15 is 0 Å². The van der Waals surface area contributed by atoms with E-state index in [-0.39, 0.29) is 53.6 Å². The average Bonchev–Trinajstić information content (AvgIpc) is 3.64. The van der Waals surface area contributed by atoms with Crippen molar-refractivity contribution in [1.29, 1.82) is 0 Å². The summed E-state index contributed by atoms with van der Waals surface area (Å²) in [5.74, 6) is -0.0421. The molecule has 7 rings (SSSR count). The first-order valence-corrected chi connectivity index (χ1v) is 19.2. The molecule has 3 amide bonds. The van der Waals surface area contributed by atoms with Crippen molar-refractivity contribution in [3.63, 3.8) is 0 Å². The Hall–Kier alpha value is -5.16. The Morgan fingerprint density at radius 1 is 0.698 bits per heavy atom. The average molecular weight is 718 g/mol. The fraction of sp³-hybridized carbons (Fsp3) is 0.429. The van der Waals surface area contributed by atoms with Crippen molar-refractivity contribution in [2.75, 3.05) is 25.8 Å². The second-order valence-electron chi connectivity index (χ2n) is 14.7. The molecular formula is C42H51N7O4. The van der Waals surface area contributed by atoms with Gasteiger partial charge in [-0.05, 0) is 99.9 Å². The third-order valence-corrected chi connectivity index (χ3v) is 11.0. The first-order chi connectivity index (χ1) is 25.7. The molecule has 4 aromatic rings. The quantitative estimate of drug-likeness (QED) is 0.129. The van der Waals surface area contributed by atoms with E-state index < -0.39 is 0 Å². The molecule has 1 aliphatic carbocycles. The summed E-state index contributed by atoms with van der Waals surface area (Å²) in [5, 5.41) is 13.9. The fourth-order valence-corrected chi connectivity index (χ4v) is 8.37. The molecule has 0 bridgehead atoms. The zero-order chi connectivity index (χ0) is 37.1. The predicted octanol–water partition coefficient (Wildman–Crippen LogP) is 8.20. The Kier molecular flexibility index (Phi) is 10.8. The Morgan fingerprint density at radius 2 is 1.23 bits per heavy atom. The molecule has 1 saturated carbocycles. The van der Waals surface area contributed by atoms with E-state index in [2.05, 4.69) is 64.4 Å². The molecule has 2 aliphatic heterocycles. The summed E-state index contributed by atoms with van der Waals surface area (Å²) < 4.78 is 5.67. The molecule has 3 heterocycles. The molecule has 1 fully saturated rings. The maximum Gasteiger partial charge on any atom is 0.295 e. The number of carbonyl (C=O) groups excluding carboxylic acids is 3. The lowest BCUT2D eigenvalue weighted by Gasteiger charge is -2.41. The Labute approximate surface area is 311 Å². The lowest BCUT2D eigenvalue weighted by Crippen LogP contribution is -2.47. The highest BCUT2D eigenvalue weighted by Gasteiger charge is 2.35. The van der Waals surface area contributed by atoms with Crippen molar-refractivity contribution in [2.45, 2.75) is 115 Å². The van der Waals surface area contributed by atoms with Crippen LogP contribution in [0.2, 0.25) is 0 Å². The van der Waals surface area contributed by atoms with Crippen LogP contribution in [0.1, 0.15) is 113 Å². The zero-order valence-corrected chi connectivity index (χ0v) is 31.1. The summed E-state index contributed by atoms with van der Waals surface area (Å²) in [5.41, 5.74) is 6.08. The topological polar surface area (TPSA) is 132 Å². The molecule has 0 unspecified atom stereocenters. The Bertz CT molecular complexity index is 1920. The first-order valence-electron chi connectivity index (χ1n) is 19.2. The molecule has 53 heavy (non-hydrogen) atoms. The lowest BCUT2D eigenvalue weighted by molar-refractivity contribution is -0.119. The Balaban J connectivity index is 0.895. The van der Waals surface area contributed by atoms with Gasteiger partial charge in [0.25, 0.3) is 11.9 Å². The number of amides is 3. The summed E-state index contributed by atoms with van der Waals surface area (Å²) in [6.07, 6.45) is 7.95. The summed E-state index contributed by atoms with van der Waals surface area (Å²) in [7, 11) is 0. The van der Waals surface area contributed by atoms with Gasteiger partial charge in [-0.1, -0.05) is 50.2 Å². The molecule has 0 spiro atoms. The second-order valence-corrected chi connectivity index (χ2v) is 14.7. The smallest absolute Gasteiger partial charge is 0.295 e. The highest BCUT2D eigenvalue weighted by molar-refractivity contribution is 6.03. The van der Waals surface area contributed by atoms with Crippen molar-refractivity contribution < 1.29 is 18.8 Å². The number of nitrogens with one attached hydrogen (secondary N) is 4. The molecule has 3 aromatic carbocycles. The number of hydrogen-bond acceptors (Lipinski definition) is 8. The van der Waals surface area contributed by atoms with Crippen LogP contribution in [0.15, 0.2) is 83.5 Å². The largest absolute Gasteiger partial charge is 0.431 e. The van der Waals surface area contributed by atoms with Gasteiger partial charge in [0.1, 0.15) is 6.26 Å². The number of benzene rings is 3. The molecule has 1 aromatic heterocycles. The maximum absolute atomic E-state index is 13.1. The second kappa shape index (κ2) is 15.8. The highest BCUT2D eigenvalue weighted by atomic mass is 16.4. The Morgan fingerprint density at radius 3 is 1.83 bits per heavy atom. The van der Waals surface area contributed by atoms with E-state index in [1.807, 2.05) is 72.2 Å². The minimum Gasteiger partial charge on any atom is -0.431 e. The summed E-state index contributed by atoms with van der Waals surface area (Å²) in [6.45, 7) is 8.06. The molecule has 11 nitrogen and oxygen atoms in total. The number of nitrogens with zero attached hydrogens (tertiary/aromatic N) is 3. The van der Waals surface area contributed by atoms with Crippen LogP contribution in [-0.2, 0) is 9.59 Å². The van der Waals surface area contributed by atoms with E-state index in [1.54, 1.807) is 0 Å². The minimum absolute atomic E-state index is 0.0537. The van der Waals surface area contributed by atoms with E-state index in [1.165, 1.54) is 11.8 Å². The van der Waals surface area contributed by atoms with Gasteiger partial charge in [0.05, 0.1) is 6.04 Å². The van der Waals surface area contributed by atoms with Crippen LogP contribution in [0.5, 0.6) is 0 Å². The number of rotatable bonds is 10. The number of aromatic nitrogens is 1. The minimum atomic E-state index is -0.340. The van der Waals surface area contributed by atoms with Crippen molar-refractivity contribution in [1.82, 2.24) is 10.3 Å². The molecule has 0 saturated heterocycles. The van der Waals surface area contributed by atoms with E-state index in [0.29, 0.717) is 30.6 Å². The molecule has 4 N–H and O–H groups in total. The van der Waals surface area contributed by atoms with Crippen LogP contribution in [0, 0.1) is 0 Å². The number of fused-ring (bicyclic) bond motifs is 2. The maximum atomic E-state index is 13.1. The van der Waals surface area contributed by atoms with Gasteiger partial charge in [-0.25, -0.2) is 0 Å². The number of oxazole rings is 1. The molecule has 0 radical (unpaired) electrons. The van der Waals surface area contributed by atoms with Crippen LogP contribution in [0.25, 0.3) is 0 Å². The van der Waals surface area contributed by atoms with Gasteiger partial charge in [0.2, 0.25) is 11.8 Å². The first kappa shape index (κ1) is 36.2. The van der Waals surface area contributed by atoms with Crippen molar-refractivity contribution in [2.24, 2.45) is 0 Å². The fourth-order valence-electron chi connectivity index (χ4n) is 8.37. The molecule has 3 aliphatic rings. The summed E-state index contributed by atoms with van der Waals surface area (Å²) in [4.78, 5) is 46.9. The monoisotopic (exact) mass is 717 g/mol. The van der Waals surface area contributed by atoms with Crippen LogP contribution in [0.4, 0.5) is 28.8 Å². The lowest BCUT2D eigenvalue weighted by atomic mass is 9.87. The zero-order valence-electron chi connectivity index (χ0n) is 31.1. The standard InChI is InChI=1S/C42H51N7O4/c1-5-39(50)48-26(3)23-34(32-11-7-9-13-37(32)48)43-28-15-19-30(20-16-28)45-41(52)36-25-53-42(47-36)46-31-21-17-29(18-22-31)44-35-24-27(4)49(40(51)6-2)38-14-10-8-12-33(35)38/h7-16,19-20,25-27,29,31,34-35,43-44H,5-6,17-18,21-24H2,1-4H3,(H,45,52)(H,46,47)/t26-,27-,29?,31?,34+,35+/m0/s1. The number of hydrogen-bond donors (Lipinski definition) is 4. The molecular weight excluding hydrogens is 667 g/mol. The molecule has 11 heteroatoms. The van der Waals surface area contributed by atoms with Crippen LogP contribution < -0.4 is 31.1 Å². The molecule has 278 valence electrons. The van der Waals surface area contributed by atoms with Crippen molar-refractivity contribution >= 4 is 46.5 Å². The van der Waals surface area contributed by atoms with Gasteiger partial charge < -0.3 is 35.5 Å². The van der Waals surface area contributed by atoms with Crippen LogP contribution >= 0.6 is 0 Å². The van der Waals surface area contributed by atoms with Crippen LogP contribution in [0.3, 0.4) is 0 Å². The number of carbonyl (C=O) groups is 3. The van der Waals surface area contributed by atoms with E-state index in [9.17, 15) is 14.4 Å². The van der Waals surface area contributed by atoms with Gasteiger partial charge in [-0.3, -0.25) is 14.4 Å². The third-order valence-electron chi connectivity index (χ3n) is 11.0. The van der Waals surface area contributed by atoms with Gasteiger partial charge in [0.15, 0.2) is 5.69 Å². The SMILES string of the molecule is CCC(=O)N1c2ccccc2[C@H](Nc2ccc(NC(=O)c3coc(NC4CCC(N[C@@H]5C[C@H](C)N(C(=O)CC)c6ccccc65)CC4)n3)cc2)C[C@@H]1C. The highest BCUT2D eigenvalue weighted by Crippen LogP contribution is 2.40.